The van der Waals surface area contributed by atoms with Gasteiger partial charge in [0.25, 0.3) is 5.91 Å². The molecule has 0 aliphatic rings. The summed E-state index contributed by atoms with van der Waals surface area (Å²) in [7, 11) is 0. The summed E-state index contributed by atoms with van der Waals surface area (Å²) in [6.45, 7) is 3.65. The third-order valence-electron chi connectivity index (χ3n) is 2.62. The number of hydrogen-bond donors (Lipinski definition) is 1. The number of anilines is 1. The number of carbonyl (C=O) groups is 1. The minimum atomic E-state index is -0.307. The van der Waals surface area contributed by atoms with Gasteiger partial charge in [-0.25, -0.2) is 4.98 Å². The molecule has 1 N–H and O–H groups in total. The van der Waals surface area contributed by atoms with E-state index in [4.69, 9.17) is 27.9 Å². The molecule has 1 aromatic carbocycles. The molecule has 0 saturated heterocycles. The third kappa shape index (κ3) is 4.62. The van der Waals surface area contributed by atoms with Crippen molar-refractivity contribution in [1.82, 2.24) is 4.98 Å². The van der Waals surface area contributed by atoms with E-state index in [0.717, 1.165) is 11.3 Å². The molecule has 1 heterocycles. The van der Waals surface area contributed by atoms with Crippen LogP contribution in [0, 0.1) is 13.8 Å². The lowest BCUT2D eigenvalue weighted by Gasteiger charge is -2.09. The zero-order valence-corrected chi connectivity index (χ0v) is 13.1. The maximum atomic E-state index is 11.8. The van der Waals surface area contributed by atoms with Crippen LogP contribution in [0.1, 0.15) is 11.3 Å². The number of ether oxygens (including phenoxy) is 1. The lowest BCUT2D eigenvalue weighted by atomic mass is 10.2. The van der Waals surface area contributed by atoms with Crippen LogP contribution < -0.4 is 10.1 Å². The van der Waals surface area contributed by atoms with Crippen LogP contribution in [0.2, 0.25) is 10.0 Å². The van der Waals surface area contributed by atoms with Crippen LogP contribution in [0.4, 0.5) is 5.82 Å². The molecule has 1 aromatic heterocycles. The monoisotopic (exact) mass is 324 g/mol. The Kier molecular flexibility index (Phi) is 5.04. The van der Waals surface area contributed by atoms with Gasteiger partial charge in [-0.05, 0) is 49.7 Å². The molecule has 0 fully saturated rings. The van der Waals surface area contributed by atoms with Gasteiger partial charge in [0.05, 0.1) is 5.02 Å². The summed E-state index contributed by atoms with van der Waals surface area (Å²) in [5, 5.41) is 3.55. The van der Waals surface area contributed by atoms with Crippen LogP contribution in [-0.4, -0.2) is 17.5 Å². The van der Waals surface area contributed by atoms with E-state index < -0.39 is 0 Å². The van der Waals surface area contributed by atoms with Crippen LogP contribution in [-0.2, 0) is 4.79 Å². The van der Waals surface area contributed by atoms with E-state index in [1.54, 1.807) is 24.3 Å². The van der Waals surface area contributed by atoms with Gasteiger partial charge in [-0.1, -0.05) is 23.2 Å². The highest BCUT2D eigenvalue weighted by molar-refractivity contribution is 6.35. The van der Waals surface area contributed by atoms with Crippen molar-refractivity contribution in [3.8, 4) is 5.75 Å². The van der Waals surface area contributed by atoms with Gasteiger partial charge < -0.3 is 10.1 Å². The van der Waals surface area contributed by atoms with Crippen molar-refractivity contribution in [2.45, 2.75) is 13.8 Å². The van der Waals surface area contributed by atoms with Gasteiger partial charge in [0.15, 0.2) is 6.61 Å². The first-order chi connectivity index (χ1) is 9.94. The highest BCUT2D eigenvalue weighted by Crippen LogP contribution is 2.27. The van der Waals surface area contributed by atoms with Gasteiger partial charge in [-0.3, -0.25) is 4.79 Å². The second kappa shape index (κ2) is 6.78. The molecule has 0 saturated carbocycles. The van der Waals surface area contributed by atoms with Crippen molar-refractivity contribution in [3.05, 3.63) is 51.6 Å². The minimum absolute atomic E-state index is 0.157. The van der Waals surface area contributed by atoms with Crippen molar-refractivity contribution in [2.24, 2.45) is 0 Å². The minimum Gasteiger partial charge on any atom is -0.482 e. The number of pyridine rings is 1. The SMILES string of the molecule is Cc1cc(C)nc(NC(=O)COc2ccc(Cl)cc2Cl)c1. The van der Waals surface area contributed by atoms with Gasteiger partial charge in [0, 0.05) is 10.7 Å². The number of halogens is 2. The Morgan fingerprint density at radius 1 is 1.24 bits per heavy atom. The molecule has 0 radical (unpaired) electrons. The van der Waals surface area contributed by atoms with Crippen molar-refractivity contribution in [1.29, 1.82) is 0 Å². The van der Waals surface area contributed by atoms with Crippen molar-refractivity contribution in [3.63, 3.8) is 0 Å². The number of aromatic nitrogens is 1. The number of benzene rings is 1. The van der Waals surface area contributed by atoms with Crippen LogP contribution >= 0.6 is 23.2 Å². The van der Waals surface area contributed by atoms with Crippen LogP contribution in [0.25, 0.3) is 0 Å². The van der Waals surface area contributed by atoms with E-state index in [-0.39, 0.29) is 12.5 Å². The topological polar surface area (TPSA) is 51.2 Å². The molecule has 1 amide bonds. The summed E-state index contributed by atoms with van der Waals surface area (Å²) in [6, 6.07) is 8.54. The van der Waals surface area contributed by atoms with Gasteiger partial charge in [0.1, 0.15) is 11.6 Å². The summed E-state index contributed by atoms with van der Waals surface area (Å²) >= 11 is 11.8. The molecule has 4 nitrogen and oxygen atoms in total. The van der Waals surface area contributed by atoms with E-state index in [9.17, 15) is 4.79 Å². The second-order valence-corrected chi connectivity index (χ2v) is 5.43. The van der Waals surface area contributed by atoms with Gasteiger partial charge in [0.2, 0.25) is 0 Å². The first kappa shape index (κ1) is 15.6. The first-order valence-corrected chi connectivity index (χ1v) is 7.02. The molecular weight excluding hydrogens is 311 g/mol. The van der Waals surface area contributed by atoms with Gasteiger partial charge in [-0.2, -0.15) is 0 Å². The van der Waals surface area contributed by atoms with E-state index in [1.165, 1.54) is 0 Å². The fourth-order valence-electron chi connectivity index (χ4n) is 1.82. The lowest BCUT2D eigenvalue weighted by Crippen LogP contribution is -2.21. The normalized spacial score (nSPS) is 10.3. The predicted molar refractivity (Wildman–Crippen MR) is 84.3 cm³/mol. The summed E-state index contributed by atoms with van der Waals surface area (Å²) in [6.07, 6.45) is 0. The molecule has 0 aliphatic carbocycles. The Hall–Kier alpha value is -1.78. The number of nitrogens with one attached hydrogen (secondary N) is 1. The molecule has 6 heteroatoms. The van der Waals surface area contributed by atoms with Crippen molar-refractivity contribution >= 4 is 34.9 Å². The zero-order chi connectivity index (χ0) is 15.4. The largest absolute Gasteiger partial charge is 0.482 e. The van der Waals surface area contributed by atoms with E-state index in [1.807, 2.05) is 19.9 Å². The molecule has 2 aromatic rings. The molecule has 0 spiro atoms. The lowest BCUT2D eigenvalue weighted by molar-refractivity contribution is -0.118. The standard InChI is InChI=1S/C15H14Cl2N2O2/c1-9-5-10(2)18-14(6-9)19-15(20)8-21-13-4-3-11(16)7-12(13)17/h3-7H,8H2,1-2H3,(H,18,19,20). The number of aryl methyl sites for hydroxylation is 2. The average molecular weight is 325 g/mol. The van der Waals surface area contributed by atoms with Crippen molar-refractivity contribution in [2.75, 3.05) is 11.9 Å². The number of rotatable bonds is 4. The Balaban J connectivity index is 1.95. The molecule has 110 valence electrons. The maximum Gasteiger partial charge on any atom is 0.263 e. The number of nitrogens with zero attached hydrogens (tertiary/aromatic N) is 1. The van der Waals surface area contributed by atoms with E-state index >= 15 is 0 Å². The molecule has 2 rings (SSSR count). The van der Waals surface area contributed by atoms with Gasteiger partial charge >= 0.3 is 0 Å². The molecular formula is C15H14Cl2N2O2. The fraction of sp³-hybridized carbons (Fsp3) is 0.200. The average Bonchev–Trinajstić information content (AvgIpc) is 2.36. The summed E-state index contributed by atoms with van der Waals surface area (Å²) in [4.78, 5) is 16.1. The Bertz CT molecular complexity index is 654. The number of hydrogen-bond acceptors (Lipinski definition) is 3. The van der Waals surface area contributed by atoms with E-state index in [2.05, 4.69) is 10.3 Å². The zero-order valence-electron chi connectivity index (χ0n) is 11.6. The predicted octanol–water partition coefficient (Wildman–Crippen LogP) is 4.02. The Morgan fingerprint density at radius 2 is 2.00 bits per heavy atom. The number of carbonyl (C=O) groups excluding carboxylic acids is 1. The fourth-order valence-corrected chi connectivity index (χ4v) is 2.28. The first-order valence-electron chi connectivity index (χ1n) is 6.27. The molecule has 0 bridgehead atoms. The highest BCUT2D eigenvalue weighted by atomic mass is 35.5. The highest BCUT2D eigenvalue weighted by Gasteiger charge is 2.08. The second-order valence-electron chi connectivity index (χ2n) is 4.58. The molecule has 0 aliphatic heterocycles. The van der Waals surface area contributed by atoms with Crippen LogP contribution in [0.3, 0.4) is 0 Å². The smallest absolute Gasteiger partial charge is 0.263 e. The Labute approximate surface area is 133 Å². The summed E-state index contributed by atoms with van der Waals surface area (Å²) in [5.41, 5.74) is 1.87. The maximum absolute atomic E-state index is 11.8. The van der Waals surface area contributed by atoms with Gasteiger partial charge in [-0.15, -0.1) is 0 Å². The van der Waals surface area contributed by atoms with E-state index in [0.29, 0.717) is 21.6 Å². The molecule has 21 heavy (non-hydrogen) atoms. The van der Waals surface area contributed by atoms with Crippen LogP contribution in [0.5, 0.6) is 5.75 Å². The number of amides is 1. The molecule has 0 unspecified atom stereocenters. The van der Waals surface area contributed by atoms with Crippen LogP contribution in [0.15, 0.2) is 30.3 Å². The third-order valence-corrected chi connectivity index (χ3v) is 3.15. The quantitative estimate of drug-likeness (QED) is 0.923. The summed E-state index contributed by atoms with van der Waals surface area (Å²) in [5.74, 6) is 0.603. The summed E-state index contributed by atoms with van der Waals surface area (Å²) < 4.78 is 5.36. The van der Waals surface area contributed by atoms with Crippen molar-refractivity contribution < 1.29 is 9.53 Å². The molecule has 0 atom stereocenters. The Morgan fingerprint density at radius 3 is 2.67 bits per heavy atom.